The fourth-order valence-corrected chi connectivity index (χ4v) is 3.02. The largest absolute Gasteiger partial charge is 0.392 e. The average Bonchev–Trinajstić information content (AvgIpc) is 2.75. The van der Waals surface area contributed by atoms with Gasteiger partial charge in [0.2, 0.25) is 0 Å². The lowest BCUT2D eigenvalue weighted by atomic mass is 9.96. The lowest BCUT2D eigenvalue weighted by Crippen LogP contribution is -2.46. The molecule has 96 valence electrons. The Morgan fingerprint density at radius 1 is 1.59 bits per heavy atom. The predicted octanol–water partition coefficient (Wildman–Crippen LogP) is 2.32. The van der Waals surface area contributed by atoms with Crippen LogP contribution in [-0.2, 0) is 6.54 Å². The van der Waals surface area contributed by atoms with Crippen molar-refractivity contribution in [2.45, 2.75) is 51.3 Å². The molecule has 1 fully saturated rings. The van der Waals surface area contributed by atoms with Gasteiger partial charge < -0.3 is 5.11 Å². The molecule has 0 radical (unpaired) electrons. The molecule has 0 saturated carbocycles. The van der Waals surface area contributed by atoms with Gasteiger partial charge in [0.15, 0.2) is 0 Å². The molecule has 0 aliphatic carbocycles. The Hall–Kier alpha value is -0.230. The maximum atomic E-state index is 10.0. The van der Waals surface area contributed by atoms with Crippen LogP contribution in [0.25, 0.3) is 0 Å². The zero-order valence-electron chi connectivity index (χ0n) is 9.97. The Bertz CT molecular complexity index is 360. The van der Waals surface area contributed by atoms with E-state index in [9.17, 15) is 5.11 Å². The van der Waals surface area contributed by atoms with Gasteiger partial charge in [0.1, 0.15) is 10.0 Å². The van der Waals surface area contributed by atoms with Crippen LogP contribution in [0.3, 0.4) is 0 Å². The summed E-state index contributed by atoms with van der Waals surface area (Å²) in [7, 11) is 0. The van der Waals surface area contributed by atoms with E-state index in [1.807, 2.05) is 6.92 Å². The molecule has 6 heteroatoms. The van der Waals surface area contributed by atoms with E-state index in [-0.39, 0.29) is 12.1 Å². The third-order valence-electron chi connectivity index (χ3n) is 3.39. The third kappa shape index (κ3) is 3.16. The first-order valence-electron chi connectivity index (χ1n) is 6.11. The van der Waals surface area contributed by atoms with Gasteiger partial charge in [-0.1, -0.05) is 29.4 Å². The summed E-state index contributed by atoms with van der Waals surface area (Å²) in [6, 6.07) is 0.242. The van der Waals surface area contributed by atoms with Crippen LogP contribution in [0.15, 0.2) is 0 Å². The van der Waals surface area contributed by atoms with Gasteiger partial charge in [-0.3, -0.25) is 4.90 Å². The summed E-state index contributed by atoms with van der Waals surface area (Å²) in [5.74, 6) is 0. The molecule has 0 aromatic carbocycles. The molecule has 1 N–H and O–H groups in total. The summed E-state index contributed by atoms with van der Waals surface area (Å²) in [5, 5.41) is 14.1. The topological polar surface area (TPSA) is 49.2 Å². The van der Waals surface area contributed by atoms with Crippen molar-refractivity contribution >= 4 is 23.1 Å². The van der Waals surface area contributed by atoms with Crippen LogP contribution in [0.1, 0.15) is 38.3 Å². The molecule has 1 aliphatic rings. The Kier molecular flexibility index (Phi) is 4.73. The van der Waals surface area contributed by atoms with E-state index in [1.54, 1.807) is 0 Å². The van der Waals surface area contributed by atoms with Crippen molar-refractivity contribution in [3.8, 4) is 0 Å². The number of nitrogens with zero attached hydrogens (tertiary/aromatic N) is 3. The number of aromatic nitrogens is 2. The molecule has 0 bridgehead atoms. The van der Waals surface area contributed by atoms with Crippen molar-refractivity contribution in [1.82, 2.24) is 14.5 Å². The molecule has 0 amide bonds. The van der Waals surface area contributed by atoms with Gasteiger partial charge in [-0.05, 0) is 25.8 Å². The molecule has 2 heterocycles. The molecule has 1 aromatic heterocycles. The number of rotatable bonds is 4. The molecular formula is C11H18ClN3OS. The van der Waals surface area contributed by atoms with Crippen LogP contribution in [-0.4, -0.2) is 38.3 Å². The Labute approximate surface area is 111 Å². The molecule has 2 atom stereocenters. The number of likely N-dealkylation sites (tertiary alicyclic amines) is 1. The van der Waals surface area contributed by atoms with Crippen LogP contribution in [0.4, 0.5) is 0 Å². The zero-order valence-corrected chi connectivity index (χ0v) is 11.5. The van der Waals surface area contributed by atoms with E-state index in [1.165, 1.54) is 24.4 Å². The van der Waals surface area contributed by atoms with Gasteiger partial charge >= 0.3 is 0 Å². The lowest BCUT2D eigenvalue weighted by molar-refractivity contribution is 0.0189. The van der Waals surface area contributed by atoms with Gasteiger partial charge in [-0.2, -0.15) is 0 Å². The fraction of sp³-hybridized carbons (Fsp3) is 0.818. The van der Waals surface area contributed by atoms with Gasteiger partial charge in [0, 0.05) is 24.1 Å². The second-order valence-electron chi connectivity index (χ2n) is 4.50. The number of aliphatic hydroxyl groups is 1. The first kappa shape index (κ1) is 13.2. The van der Waals surface area contributed by atoms with Crippen molar-refractivity contribution < 1.29 is 5.11 Å². The second-order valence-corrected chi connectivity index (χ2v) is 5.86. The molecule has 1 aromatic rings. The van der Waals surface area contributed by atoms with Crippen LogP contribution < -0.4 is 0 Å². The van der Waals surface area contributed by atoms with Crippen LogP contribution in [0.5, 0.6) is 0 Å². The first-order valence-corrected chi connectivity index (χ1v) is 7.26. The molecular weight excluding hydrogens is 258 g/mol. The van der Waals surface area contributed by atoms with Crippen LogP contribution in [0.2, 0.25) is 4.34 Å². The second kappa shape index (κ2) is 6.09. The van der Waals surface area contributed by atoms with Gasteiger partial charge in [-0.25, -0.2) is 0 Å². The highest BCUT2D eigenvalue weighted by Gasteiger charge is 2.28. The molecule has 2 rings (SSSR count). The highest BCUT2D eigenvalue weighted by molar-refractivity contribution is 7.10. The number of aliphatic hydroxyl groups excluding tert-OH is 1. The molecule has 1 aliphatic heterocycles. The number of hydrogen-bond donors (Lipinski definition) is 1. The molecule has 2 unspecified atom stereocenters. The van der Waals surface area contributed by atoms with E-state index in [4.69, 9.17) is 11.6 Å². The van der Waals surface area contributed by atoms with Crippen molar-refractivity contribution in [2.75, 3.05) is 6.54 Å². The van der Waals surface area contributed by atoms with Gasteiger partial charge in [-0.15, -0.1) is 5.10 Å². The maximum Gasteiger partial charge on any atom is 0.138 e. The molecule has 1 saturated heterocycles. The first-order chi connectivity index (χ1) is 8.22. The van der Waals surface area contributed by atoms with E-state index in [0.29, 0.717) is 10.9 Å². The van der Waals surface area contributed by atoms with Crippen LogP contribution in [0, 0.1) is 0 Å². The number of piperidine rings is 1. The minimum absolute atomic E-state index is 0.242. The SMILES string of the molecule is CCC(O)C1CCCCN1Cc1nnsc1Cl. The number of halogens is 1. The summed E-state index contributed by atoms with van der Waals surface area (Å²) in [6.07, 6.45) is 3.98. The van der Waals surface area contributed by atoms with Crippen molar-refractivity contribution in [2.24, 2.45) is 0 Å². The minimum atomic E-state index is -0.249. The molecule has 4 nitrogen and oxygen atoms in total. The van der Waals surface area contributed by atoms with E-state index in [2.05, 4.69) is 14.5 Å². The van der Waals surface area contributed by atoms with Crippen molar-refractivity contribution in [3.05, 3.63) is 10.0 Å². The molecule has 0 spiro atoms. The van der Waals surface area contributed by atoms with Gasteiger partial charge in [0.05, 0.1) is 6.10 Å². The monoisotopic (exact) mass is 275 g/mol. The smallest absolute Gasteiger partial charge is 0.138 e. The Morgan fingerprint density at radius 2 is 2.41 bits per heavy atom. The number of hydrogen-bond acceptors (Lipinski definition) is 5. The maximum absolute atomic E-state index is 10.0. The Balaban J connectivity index is 2.04. The summed E-state index contributed by atoms with van der Waals surface area (Å²) < 4.78 is 4.51. The van der Waals surface area contributed by atoms with Gasteiger partial charge in [0.25, 0.3) is 0 Å². The third-order valence-corrected chi connectivity index (χ3v) is 4.37. The van der Waals surface area contributed by atoms with E-state index >= 15 is 0 Å². The molecule has 17 heavy (non-hydrogen) atoms. The normalized spacial score (nSPS) is 23.8. The minimum Gasteiger partial charge on any atom is -0.392 e. The van der Waals surface area contributed by atoms with Crippen molar-refractivity contribution in [3.63, 3.8) is 0 Å². The highest BCUT2D eigenvalue weighted by atomic mass is 35.5. The highest BCUT2D eigenvalue weighted by Crippen LogP contribution is 2.25. The summed E-state index contributed by atoms with van der Waals surface area (Å²) in [4.78, 5) is 2.29. The predicted molar refractivity (Wildman–Crippen MR) is 69.3 cm³/mol. The zero-order chi connectivity index (χ0) is 12.3. The quantitative estimate of drug-likeness (QED) is 0.916. The average molecular weight is 276 g/mol. The summed E-state index contributed by atoms with van der Waals surface area (Å²) >= 11 is 7.25. The van der Waals surface area contributed by atoms with E-state index < -0.39 is 0 Å². The lowest BCUT2D eigenvalue weighted by Gasteiger charge is -2.37. The van der Waals surface area contributed by atoms with Crippen molar-refractivity contribution in [1.29, 1.82) is 0 Å². The van der Waals surface area contributed by atoms with E-state index in [0.717, 1.165) is 25.1 Å². The summed E-state index contributed by atoms with van der Waals surface area (Å²) in [5.41, 5.74) is 0.840. The summed E-state index contributed by atoms with van der Waals surface area (Å²) in [6.45, 7) is 3.74. The standard InChI is InChI=1S/C11H18ClN3OS/c1-2-10(16)9-5-3-4-6-15(9)7-8-11(12)17-14-13-8/h9-10,16H,2-7H2,1H3. The Morgan fingerprint density at radius 3 is 3.06 bits per heavy atom. The van der Waals surface area contributed by atoms with Crippen LogP contribution >= 0.6 is 23.1 Å². The fourth-order valence-electron chi connectivity index (χ4n) is 2.40.